The topological polar surface area (TPSA) is 94.3 Å². The van der Waals surface area contributed by atoms with Crippen LogP contribution >= 0.6 is 0 Å². The van der Waals surface area contributed by atoms with Crippen molar-refractivity contribution in [2.24, 2.45) is 0 Å². The van der Waals surface area contributed by atoms with Gasteiger partial charge in [-0.15, -0.1) is 0 Å². The van der Waals surface area contributed by atoms with Crippen molar-refractivity contribution < 1.29 is 14.7 Å². The molecule has 0 saturated carbocycles. The van der Waals surface area contributed by atoms with E-state index < -0.39 is 6.10 Å². The molecule has 1 aromatic heterocycles. The Morgan fingerprint density at radius 3 is 2.22 bits per heavy atom. The molecule has 0 aliphatic carbocycles. The molecule has 1 aliphatic heterocycles. The molecule has 32 heavy (non-hydrogen) atoms. The van der Waals surface area contributed by atoms with Crippen molar-refractivity contribution in [3.63, 3.8) is 0 Å². The van der Waals surface area contributed by atoms with E-state index in [9.17, 15) is 14.7 Å². The van der Waals surface area contributed by atoms with Crippen molar-refractivity contribution in [3.8, 4) is 6.07 Å². The van der Waals surface area contributed by atoms with Crippen molar-refractivity contribution in [1.82, 2.24) is 4.98 Å². The summed E-state index contributed by atoms with van der Waals surface area (Å²) in [4.78, 5) is 31.5. The molecule has 2 heterocycles. The fraction of sp³-hybridized carbons (Fsp3) is 0.0769. The second-order valence-electron chi connectivity index (χ2n) is 7.69. The molecular formula is C26H17N3O3. The molecule has 1 atom stereocenters. The number of nitriles is 1. The van der Waals surface area contributed by atoms with Gasteiger partial charge < -0.3 is 5.11 Å². The number of carbonyl (C=O) groups is 2. The Morgan fingerprint density at radius 1 is 0.938 bits per heavy atom. The number of aryl methyl sites for hydroxylation is 1. The van der Waals surface area contributed by atoms with Crippen molar-refractivity contribution in [3.05, 3.63) is 106 Å². The lowest BCUT2D eigenvalue weighted by molar-refractivity contribution is 0.0926. The number of aliphatic hydroxyl groups is 1. The van der Waals surface area contributed by atoms with Crippen LogP contribution in [0.15, 0.2) is 72.8 Å². The van der Waals surface area contributed by atoms with Gasteiger partial charge in [0, 0.05) is 5.39 Å². The van der Waals surface area contributed by atoms with Crippen LogP contribution in [0.25, 0.3) is 10.9 Å². The third-order valence-electron chi connectivity index (χ3n) is 5.71. The molecule has 0 fully saturated rings. The third kappa shape index (κ3) is 3.04. The maximum absolute atomic E-state index is 12.8. The first-order valence-corrected chi connectivity index (χ1v) is 10.0. The van der Waals surface area contributed by atoms with E-state index in [1.807, 2.05) is 19.1 Å². The molecular weight excluding hydrogens is 402 g/mol. The summed E-state index contributed by atoms with van der Waals surface area (Å²) < 4.78 is 0. The first-order valence-electron chi connectivity index (χ1n) is 10.0. The maximum Gasteiger partial charge on any atom is 0.266 e. The molecule has 0 spiro atoms. The highest BCUT2D eigenvalue weighted by Crippen LogP contribution is 2.32. The third-order valence-corrected chi connectivity index (χ3v) is 5.71. The van der Waals surface area contributed by atoms with Crippen LogP contribution in [0.2, 0.25) is 0 Å². The number of amides is 2. The van der Waals surface area contributed by atoms with E-state index in [0.29, 0.717) is 39.2 Å². The minimum atomic E-state index is -0.978. The van der Waals surface area contributed by atoms with E-state index in [1.165, 1.54) is 0 Å². The highest BCUT2D eigenvalue weighted by Gasteiger charge is 2.36. The minimum absolute atomic E-state index is 0.365. The van der Waals surface area contributed by atoms with Crippen LogP contribution in [0.3, 0.4) is 0 Å². The van der Waals surface area contributed by atoms with E-state index in [-0.39, 0.29) is 11.8 Å². The number of rotatable bonds is 3. The average molecular weight is 419 g/mol. The first-order chi connectivity index (χ1) is 15.5. The molecule has 6 heteroatoms. The number of aromatic nitrogens is 1. The number of hydrogen-bond acceptors (Lipinski definition) is 5. The highest BCUT2D eigenvalue weighted by atomic mass is 16.3. The van der Waals surface area contributed by atoms with Crippen molar-refractivity contribution in [2.45, 2.75) is 13.0 Å². The lowest BCUT2D eigenvalue weighted by Gasteiger charge is -2.17. The zero-order chi connectivity index (χ0) is 22.4. The van der Waals surface area contributed by atoms with E-state index in [2.05, 4.69) is 11.1 Å². The van der Waals surface area contributed by atoms with Gasteiger partial charge in [0.15, 0.2) is 0 Å². The number of nitrogens with zero attached hydrogens (tertiary/aromatic N) is 3. The minimum Gasteiger partial charge on any atom is -0.382 e. The van der Waals surface area contributed by atoms with Crippen LogP contribution < -0.4 is 4.90 Å². The van der Waals surface area contributed by atoms with Crippen molar-refractivity contribution >= 4 is 28.4 Å². The monoisotopic (exact) mass is 419 g/mol. The van der Waals surface area contributed by atoms with Gasteiger partial charge in [-0.2, -0.15) is 5.26 Å². The molecule has 5 rings (SSSR count). The number of aliphatic hydroxyl groups excluding tert-OH is 1. The van der Waals surface area contributed by atoms with Gasteiger partial charge in [0.05, 0.1) is 39.7 Å². The molecule has 6 nitrogen and oxygen atoms in total. The van der Waals surface area contributed by atoms with Crippen LogP contribution in [-0.2, 0) is 0 Å². The number of carbonyl (C=O) groups excluding carboxylic acids is 2. The normalized spacial score (nSPS) is 13.8. The van der Waals surface area contributed by atoms with Crippen LogP contribution in [0.4, 0.5) is 5.69 Å². The second kappa shape index (κ2) is 7.41. The number of benzene rings is 3. The predicted molar refractivity (Wildman–Crippen MR) is 119 cm³/mol. The molecule has 1 aliphatic rings. The molecule has 154 valence electrons. The van der Waals surface area contributed by atoms with Gasteiger partial charge in [0.2, 0.25) is 0 Å². The van der Waals surface area contributed by atoms with E-state index in [0.717, 1.165) is 15.8 Å². The quantitative estimate of drug-likeness (QED) is 0.500. The maximum atomic E-state index is 12.8. The summed E-state index contributed by atoms with van der Waals surface area (Å²) >= 11 is 0. The van der Waals surface area contributed by atoms with Crippen LogP contribution in [-0.4, -0.2) is 21.9 Å². The van der Waals surface area contributed by atoms with Gasteiger partial charge in [-0.05, 0) is 60.5 Å². The number of imide groups is 1. The predicted octanol–water partition coefficient (Wildman–Crippen LogP) is 4.30. The number of fused-ring (bicyclic) bond motifs is 2. The Kier molecular flexibility index (Phi) is 4.54. The van der Waals surface area contributed by atoms with E-state index >= 15 is 0 Å². The lowest BCUT2D eigenvalue weighted by Crippen LogP contribution is -2.29. The van der Waals surface area contributed by atoms with Crippen LogP contribution in [0.1, 0.15) is 49.2 Å². The van der Waals surface area contributed by atoms with E-state index in [4.69, 9.17) is 5.26 Å². The Balaban J connectivity index is 1.56. The van der Waals surface area contributed by atoms with Gasteiger partial charge >= 0.3 is 0 Å². The van der Waals surface area contributed by atoms with Gasteiger partial charge in [-0.25, -0.2) is 9.88 Å². The summed E-state index contributed by atoms with van der Waals surface area (Å²) in [7, 11) is 0. The number of hydrogen-bond donors (Lipinski definition) is 1. The van der Waals surface area contributed by atoms with Gasteiger partial charge in [0.1, 0.15) is 6.10 Å². The van der Waals surface area contributed by atoms with Crippen molar-refractivity contribution in [2.75, 3.05) is 4.90 Å². The second-order valence-corrected chi connectivity index (χ2v) is 7.69. The fourth-order valence-electron chi connectivity index (χ4n) is 4.03. The number of pyridine rings is 1. The summed E-state index contributed by atoms with van der Waals surface area (Å²) in [6.07, 6.45) is -0.978. The summed E-state index contributed by atoms with van der Waals surface area (Å²) in [5.41, 5.74) is 4.24. The van der Waals surface area contributed by atoms with E-state index in [1.54, 1.807) is 60.7 Å². The summed E-state index contributed by atoms with van der Waals surface area (Å²) in [6, 6.07) is 22.6. The Hall–Kier alpha value is -4.34. The molecule has 2 amide bonds. The SMILES string of the molecule is Cc1cc(C(O)c2ccc(C#N)cc2)nc2cc(N3C(=O)c4ccccc4C3=O)ccc12. The van der Waals surface area contributed by atoms with Crippen LogP contribution in [0, 0.1) is 18.3 Å². The molecule has 1 N–H and O–H groups in total. The Bertz CT molecular complexity index is 1420. The van der Waals surface area contributed by atoms with Crippen LogP contribution in [0.5, 0.6) is 0 Å². The zero-order valence-electron chi connectivity index (χ0n) is 17.1. The Morgan fingerprint density at radius 2 is 1.59 bits per heavy atom. The molecule has 0 bridgehead atoms. The molecule has 3 aromatic carbocycles. The van der Waals surface area contributed by atoms with Gasteiger partial charge in [-0.1, -0.05) is 30.3 Å². The summed E-state index contributed by atoms with van der Waals surface area (Å²) in [6.45, 7) is 1.92. The summed E-state index contributed by atoms with van der Waals surface area (Å²) in [5, 5.41) is 20.7. The first kappa shape index (κ1) is 19.6. The van der Waals surface area contributed by atoms with Gasteiger partial charge in [-0.3, -0.25) is 9.59 Å². The lowest BCUT2D eigenvalue weighted by atomic mass is 10.0. The fourth-order valence-corrected chi connectivity index (χ4v) is 4.03. The molecule has 0 saturated heterocycles. The standard InChI is InChI=1S/C26H17N3O3/c1-15-12-23(24(30)17-8-6-16(14-27)7-9-17)28-22-13-18(10-11-19(15)22)29-25(31)20-4-2-3-5-21(20)26(29)32/h2-13,24,30H,1H3. The summed E-state index contributed by atoms with van der Waals surface area (Å²) in [5.74, 6) is -0.731. The highest BCUT2D eigenvalue weighted by molar-refractivity contribution is 6.34. The average Bonchev–Trinajstić information content (AvgIpc) is 3.08. The molecule has 1 unspecified atom stereocenters. The molecule has 4 aromatic rings. The Labute approximate surface area is 184 Å². The van der Waals surface area contributed by atoms with Crippen molar-refractivity contribution in [1.29, 1.82) is 5.26 Å². The zero-order valence-corrected chi connectivity index (χ0v) is 17.1. The molecule has 0 radical (unpaired) electrons. The van der Waals surface area contributed by atoms with Gasteiger partial charge in [0.25, 0.3) is 11.8 Å². The largest absolute Gasteiger partial charge is 0.382 e. The smallest absolute Gasteiger partial charge is 0.266 e. The number of anilines is 1.